The lowest BCUT2D eigenvalue weighted by molar-refractivity contribution is 0.179. The fourth-order valence-corrected chi connectivity index (χ4v) is 1.39. The van der Waals surface area contributed by atoms with Crippen LogP contribution in [-0.4, -0.2) is 16.9 Å². The summed E-state index contributed by atoms with van der Waals surface area (Å²) in [5.41, 5.74) is 2.11. The molecule has 0 unspecified atom stereocenters. The van der Waals surface area contributed by atoms with Gasteiger partial charge in [-0.05, 0) is 18.2 Å². The maximum Gasteiger partial charge on any atom is 0.0885 e. The molecule has 72 valence electrons. The van der Waals surface area contributed by atoms with Crippen LogP contribution in [0.2, 0.25) is 0 Å². The Morgan fingerprint density at radius 2 is 2.00 bits per heavy atom. The fraction of sp³-hybridized carbons (Fsp3) is 0.182. The number of rotatable bonds is 3. The van der Waals surface area contributed by atoms with Crippen molar-refractivity contribution in [3.63, 3.8) is 0 Å². The van der Waals surface area contributed by atoms with E-state index in [4.69, 9.17) is 4.74 Å². The first-order valence-corrected chi connectivity index (χ1v) is 4.49. The SMILES string of the molecule is COCc1ccnn1-c1ccccc1. The molecule has 0 radical (unpaired) electrons. The first-order chi connectivity index (χ1) is 6.92. The van der Waals surface area contributed by atoms with Gasteiger partial charge in [-0.1, -0.05) is 18.2 Å². The number of benzene rings is 1. The standard InChI is InChI=1S/C11H12N2O/c1-14-9-11-7-8-12-13(11)10-5-3-2-4-6-10/h2-8H,9H2,1H3. The van der Waals surface area contributed by atoms with Crippen molar-refractivity contribution in [2.75, 3.05) is 7.11 Å². The van der Waals surface area contributed by atoms with E-state index in [0.717, 1.165) is 11.4 Å². The van der Waals surface area contributed by atoms with Gasteiger partial charge >= 0.3 is 0 Å². The van der Waals surface area contributed by atoms with Gasteiger partial charge in [0.1, 0.15) is 0 Å². The zero-order valence-electron chi connectivity index (χ0n) is 8.05. The monoisotopic (exact) mass is 188 g/mol. The molecular weight excluding hydrogens is 176 g/mol. The molecule has 0 saturated heterocycles. The van der Waals surface area contributed by atoms with Crippen molar-refractivity contribution >= 4 is 0 Å². The maximum absolute atomic E-state index is 5.09. The van der Waals surface area contributed by atoms with Crippen molar-refractivity contribution < 1.29 is 4.74 Å². The average Bonchev–Trinajstić information content (AvgIpc) is 2.68. The average molecular weight is 188 g/mol. The molecule has 0 fully saturated rings. The zero-order chi connectivity index (χ0) is 9.80. The Balaban J connectivity index is 2.37. The van der Waals surface area contributed by atoms with Gasteiger partial charge < -0.3 is 4.74 Å². The van der Waals surface area contributed by atoms with Crippen LogP contribution in [0.3, 0.4) is 0 Å². The number of nitrogens with zero attached hydrogens (tertiary/aromatic N) is 2. The van der Waals surface area contributed by atoms with Gasteiger partial charge in [-0.15, -0.1) is 0 Å². The van der Waals surface area contributed by atoms with Gasteiger partial charge in [0.25, 0.3) is 0 Å². The summed E-state index contributed by atoms with van der Waals surface area (Å²) in [5.74, 6) is 0. The second-order valence-corrected chi connectivity index (χ2v) is 3.00. The van der Waals surface area contributed by atoms with Crippen molar-refractivity contribution in [1.29, 1.82) is 0 Å². The number of ether oxygens (including phenoxy) is 1. The Morgan fingerprint density at radius 3 is 2.71 bits per heavy atom. The molecule has 14 heavy (non-hydrogen) atoms. The van der Waals surface area contributed by atoms with E-state index in [1.165, 1.54) is 0 Å². The topological polar surface area (TPSA) is 27.1 Å². The smallest absolute Gasteiger partial charge is 0.0885 e. The highest BCUT2D eigenvalue weighted by Gasteiger charge is 2.02. The van der Waals surface area contributed by atoms with Gasteiger partial charge in [0.2, 0.25) is 0 Å². The second kappa shape index (κ2) is 4.07. The number of para-hydroxylation sites is 1. The van der Waals surface area contributed by atoms with Crippen LogP contribution in [0, 0.1) is 0 Å². The molecule has 3 nitrogen and oxygen atoms in total. The molecule has 3 heteroatoms. The van der Waals surface area contributed by atoms with E-state index in [0.29, 0.717) is 6.61 Å². The normalized spacial score (nSPS) is 10.4. The highest BCUT2D eigenvalue weighted by molar-refractivity contribution is 5.32. The largest absolute Gasteiger partial charge is 0.378 e. The molecule has 0 saturated carbocycles. The van der Waals surface area contributed by atoms with Gasteiger partial charge in [-0.2, -0.15) is 5.10 Å². The molecule has 1 heterocycles. The van der Waals surface area contributed by atoms with Crippen LogP contribution in [0.5, 0.6) is 0 Å². The highest BCUT2D eigenvalue weighted by atomic mass is 16.5. The van der Waals surface area contributed by atoms with Crippen molar-refractivity contribution in [2.45, 2.75) is 6.61 Å². The lowest BCUT2D eigenvalue weighted by Crippen LogP contribution is -2.02. The molecule has 0 aliphatic carbocycles. The van der Waals surface area contributed by atoms with Crippen LogP contribution in [-0.2, 0) is 11.3 Å². The predicted molar refractivity (Wildman–Crippen MR) is 54.3 cm³/mol. The van der Waals surface area contributed by atoms with E-state index in [-0.39, 0.29) is 0 Å². The van der Waals surface area contributed by atoms with Crippen molar-refractivity contribution in [2.24, 2.45) is 0 Å². The number of methoxy groups -OCH3 is 1. The lowest BCUT2D eigenvalue weighted by atomic mass is 10.3. The molecule has 0 N–H and O–H groups in total. The van der Waals surface area contributed by atoms with E-state index >= 15 is 0 Å². The molecule has 0 aliphatic heterocycles. The number of aromatic nitrogens is 2. The fourth-order valence-electron chi connectivity index (χ4n) is 1.39. The number of hydrogen-bond donors (Lipinski definition) is 0. The number of hydrogen-bond acceptors (Lipinski definition) is 2. The van der Waals surface area contributed by atoms with Crippen LogP contribution in [0.1, 0.15) is 5.69 Å². The Hall–Kier alpha value is -1.61. The van der Waals surface area contributed by atoms with E-state index in [1.807, 2.05) is 41.1 Å². The lowest BCUT2D eigenvalue weighted by Gasteiger charge is -2.05. The second-order valence-electron chi connectivity index (χ2n) is 3.00. The Morgan fingerprint density at radius 1 is 1.21 bits per heavy atom. The highest BCUT2D eigenvalue weighted by Crippen LogP contribution is 2.10. The maximum atomic E-state index is 5.09. The molecule has 0 atom stereocenters. The van der Waals surface area contributed by atoms with Gasteiger partial charge in [0.05, 0.1) is 18.0 Å². The summed E-state index contributed by atoms with van der Waals surface area (Å²) in [6.45, 7) is 0.578. The third kappa shape index (κ3) is 1.67. The van der Waals surface area contributed by atoms with Crippen LogP contribution in [0.15, 0.2) is 42.6 Å². The summed E-state index contributed by atoms with van der Waals surface area (Å²) in [6.07, 6.45) is 1.78. The van der Waals surface area contributed by atoms with E-state index in [2.05, 4.69) is 5.10 Å². The van der Waals surface area contributed by atoms with Gasteiger partial charge in [0.15, 0.2) is 0 Å². The molecule has 0 aliphatic rings. The summed E-state index contributed by atoms with van der Waals surface area (Å²) in [7, 11) is 1.68. The quantitative estimate of drug-likeness (QED) is 0.736. The molecule has 0 amide bonds. The van der Waals surface area contributed by atoms with Crippen LogP contribution in [0.25, 0.3) is 5.69 Å². The van der Waals surface area contributed by atoms with E-state index in [1.54, 1.807) is 13.3 Å². The minimum Gasteiger partial charge on any atom is -0.378 e. The van der Waals surface area contributed by atoms with Gasteiger partial charge in [0, 0.05) is 13.3 Å². The Bertz CT molecular complexity index is 395. The van der Waals surface area contributed by atoms with Crippen molar-refractivity contribution in [1.82, 2.24) is 9.78 Å². The van der Waals surface area contributed by atoms with Crippen molar-refractivity contribution in [3.8, 4) is 5.69 Å². The minimum absolute atomic E-state index is 0.578. The van der Waals surface area contributed by atoms with E-state index in [9.17, 15) is 0 Å². The molecule has 0 spiro atoms. The summed E-state index contributed by atoms with van der Waals surface area (Å²) >= 11 is 0. The van der Waals surface area contributed by atoms with Gasteiger partial charge in [-0.3, -0.25) is 0 Å². The summed E-state index contributed by atoms with van der Waals surface area (Å²) in [5, 5.41) is 4.24. The first kappa shape index (κ1) is 8.97. The molecule has 1 aromatic heterocycles. The molecule has 0 bridgehead atoms. The first-order valence-electron chi connectivity index (χ1n) is 4.49. The van der Waals surface area contributed by atoms with E-state index < -0.39 is 0 Å². The van der Waals surface area contributed by atoms with Crippen molar-refractivity contribution in [3.05, 3.63) is 48.3 Å². The van der Waals surface area contributed by atoms with Crippen LogP contribution >= 0.6 is 0 Å². The van der Waals surface area contributed by atoms with Gasteiger partial charge in [-0.25, -0.2) is 4.68 Å². The summed E-state index contributed by atoms with van der Waals surface area (Å²) in [6, 6.07) is 12.0. The molecule has 2 rings (SSSR count). The third-order valence-corrected chi connectivity index (χ3v) is 2.01. The summed E-state index contributed by atoms with van der Waals surface area (Å²) in [4.78, 5) is 0. The molecule has 1 aromatic carbocycles. The summed E-state index contributed by atoms with van der Waals surface area (Å²) < 4.78 is 6.97. The molecular formula is C11H12N2O. The molecule has 2 aromatic rings. The van der Waals surface area contributed by atoms with Crippen LogP contribution in [0.4, 0.5) is 0 Å². The van der Waals surface area contributed by atoms with Crippen LogP contribution < -0.4 is 0 Å². The Kier molecular flexibility index (Phi) is 2.60. The third-order valence-electron chi connectivity index (χ3n) is 2.01. The Labute approximate surface area is 82.9 Å². The predicted octanol–water partition coefficient (Wildman–Crippen LogP) is 2.02. The zero-order valence-corrected chi connectivity index (χ0v) is 8.05. The minimum atomic E-state index is 0.578.